The monoisotopic (exact) mass is 395 g/mol. The summed E-state index contributed by atoms with van der Waals surface area (Å²) in [6, 6.07) is 13.0. The number of hydrogen-bond acceptors (Lipinski definition) is 7. The van der Waals surface area contributed by atoms with Gasteiger partial charge in [0, 0.05) is 18.4 Å². The van der Waals surface area contributed by atoms with Gasteiger partial charge in [0.2, 0.25) is 16.7 Å². The molecule has 0 amide bonds. The number of ether oxygens (including phenoxy) is 1. The van der Waals surface area contributed by atoms with Crippen molar-refractivity contribution in [1.29, 1.82) is 0 Å². The van der Waals surface area contributed by atoms with Crippen LogP contribution in [0.1, 0.15) is 31.7 Å². The molecule has 3 aromatic heterocycles. The van der Waals surface area contributed by atoms with Gasteiger partial charge in [0.05, 0.1) is 6.61 Å². The minimum atomic E-state index is -0.509. The molecule has 0 bridgehead atoms. The van der Waals surface area contributed by atoms with Gasteiger partial charge < -0.3 is 13.6 Å². The molecule has 0 atom stereocenters. The molecule has 5 rings (SSSR count). The fourth-order valence-corrected chi connectivity index (χ4v) is 3.04. The number of aromatic nitrogens is 1. The number of hydrogen-bond donors (Lipinski definition) is 0. The lowest BCUT2D eigenvalue weighted by Gasteiger charge is -2.04. The highest BCUT2D eigenvalue weighted by Crippen LogP contribution is 2.23. The van der Waals surface area contributed by atoms with Crippen LogP contribution in [0, 0.1) is 0 Å². The van der Waals surface area contributed by atoms with Gasteiger partial charge in [-0.15, -0.1) is 0 Å². The standard InChI is InChI=1S/C20H15NO6.C2H6/c22-20-19-18(13-4-1-2-5-14(13)24-20)21-17(25-19)6-3-9-23-11-12-7-8-15-16(10-12)27-26-15;1-2/h1-2,4-5,7-8,10H,3,6,9,11H2;1-2H3. The number of nitrogens with zero attached hydrogens (tertiary/aromatic N) is 1. The number of oxazole rings is 1. The van der Waals surface area contributed by atoms with Gasteiger partial charge in [-0.1, -0.05) is 32.0 Å². The third kappa shape index (κ3) is 3.82. The summed E-state index contributed by atoms with van der Waals surface area (Å²) in [5, 5.41) is 0.769. The smallest absolute Gasteiger partial charge is 0.382 e. The van der Waals surface area contributed by atoms with Crippen LogP contribution in [0.25, 0.3) is 33.2 Å². The summed E-state index contributed by atoms with van der Waals surface area (Å²) in [7, 11) is 0. The molecule has 5 aromatic rings. The lowest BCUT2D eigenvalue weighted by Crippen LogP contribution is -1.98. The van der Waals surface area contributed by atoms with Crippen LogP contribution < -0.4 is 5.63 Å². The fraction of sp³-hybridized carbons (Fsp3) is 0.273. The molecule has 150 valence electrons. The van der Waals surface area contributed by atoms with Crippen LogP contribution in [0.3, 0.4) is 0 Å². The lowest BCUT2D eigenvalue weighted by molar-refractivity contribution is 0.0583. The molecule has 0 unspecified atom stereocenters. The van der Waals surface area contributed by atoms with Crippen LogP contribution in [0.2, 0.25) is 0 Å². The summed E-state index contributed by atoms with van der Waals surface area (Å²) < 4.78 is 26.2. The Morgan fingerprint density at radius 1 is 0.966 bits per heavy atom. The maximum Gasteiger partial charge on any atom is 0.382 e. The number of benzene rings is 2. The van der Waals surface area contributed by atoms with Gasteiger partial charge in [-0.2, -0.15) is 0 Å². The number of rotatable bonds is 6. The summed E-state index contributed by atoms with van der Waals surface area (Å²) in [4.78, 5) is 16.5. The van der Waals surface area contributed by atoms with E-state index in [9.17, 15) is 4.79 Å². The van der Waals surface area contributed by atoms with Crippen molar-refractivity contribution in [3.63, 3.8) is 0 Å². The Morgan fingerprint density at radius 2 is 1.79 bits per heavy atom. The van der Waals surface area contributed by atoms with Crippen molar-refractivity contribution in [2.75, 3.05) is 6.61 Å². The highest BCUT2D eigenvalue weighted by atomic mass is 17.0. The van der Waals surface area contributed by atoms with Crippen LogP contribution >= 0.6 is 0 Å². The predicted molar refractivity (Wildman–Crippen MR) is 108 cm³/mol. The van der Waals surface area contributed by atoms with E-state index in [2.05, 4.69) is 4.98 Å². The Hall–Kier alpha value is -3.32. The van der Waals surface area contributed by atoms with Gasteiger partial charge >= 0.3 is 5.63 Å². The molecule has 0 saturated heterocycles. The minimum Gasteiger partial charge on any atom is -0.433 e. The molecule has 0 radical (unpaired) electrons. The molecule has 7 heteroatoms. The zero-order valence-electron chi connectivity index (χ0n) is 16.3. The van der Waals surface area contributed by atoms with Crippen molar-refractivity contribution in [3.05, 3.63) is 64.3 Å². The second kappa shape index (κ2) is 8.36. The van der Waals surface area contributed by atoms with Crippen molar-refractivity contribution in [1.82, 2.24) is 4.98 Å². The van der Waals surface area contributed by atoms with Crippen LogP contribution in [-0.2, 0) is 17.8 Å². The molecule has 0 aliphatic heterocycles. The van der Waals surface area contributed by atoms with Gasteiger partial charge in [-0.25, -0.2) is 9.78 Å². The molecule has 0 N–H and O–H groups in total. The van der Waals surface area contributed by atoms with Crippen LogP contribution in [-0.4, -0.2) is 11.6 Å². The molecular formula is C22H21NO6. The topological polar surface area (TPSA) is 91.8 Å². The van der Waals surface area contributed by atoms with Gasteiger partial charge in [-0.3, -0.25) is 9.15 Å². The quantitative estimate of drug-likeness (QED) is 0.214. The first-order chi connectivity index (χ1) is 14.3. The average Bonchev–Trinajstić information content (AvgIpc) is 3.16. The Labute approximate surface area is 165 Å². The Bertz CT molecular complexity index is 1290. The summed E-state index contributed by atoms with van der Waals surface area (Å²) in [6.07, 6.45) is 1.30. The van der Waals surface area contributed by atoms with E-state index in [1.807, 2.05) is 50.2 Å². The summed E-state index contributed by atoms with van der Waals surface area (Å²) >= 11 is 0. The highest BCUT2D eigenvalue weighted by Gasteiger charge is 2.14. The van der Waals surface area contributed by atoms with Gasteiger partial charge in [0.15, 0.2) is 5.89 Å². The first-order valence-electron chi connectivity index (χ1n) is 9.64. The number of fused-ring (bicyclic) bond motifs is 4. The van der Waals surface area contributed by atoms with E-state index in [-0.39, 0.29) is 5.58 Å². The van der Waals surface area contributed by atoms with Crippen LogP contribution in [0.5, 0.6) is 0 Å². The van der Waals surface area contributed by atoms with E-state index >= 15 is 0 Å². The Kier molecular flexibility index (Phi) is 5.48. The molecule has 0 fully saturated rings. The number of aryl methyl sites for hydroxylation is 1. The third-order valence-corrected chi connectivity index (χ3v) is 4.38. The van der Waals surface area contributed by atoms with E-state index in [4.69, 9.17) is 22.7 Å². The maximum atomic E-state index is 12.1. The second-order valence-electron chi connectivity index (χ2n) is 6.27. The van der Waals surface area contributed by atoms with Crippen molar-refractivity contribution >= 4 is 33.2 Å². The average molecular weight is 395 g/mol. The molecule has 0 saturated carbocycles. The molecule has 7 nitrogen and oxygen atoms in total. The molecule has 3 heterocycles. The van der Waals surface area contributed by atoms with Gasteiger partial charge in [-0.05, 0) is 36.2 Å². The second-order valence-corrected chi connectivity index (χ2v) is 6.27. The molecule has 0 spiro atoms. The van der Waals surface area contributed by atoms with E-state index < -0.39 is 5.63 Å². The molecule has 2 aromatic carbocycles. The van der Waals surface area contributed by atoms with Gasteiger partial charge in [0.25, 0.3) is 0 Å². The summed E-state index contributed by atoms with van der Waals surface area (Å²) in [6.45, 7) is 5.03. The van der Waals surface area contributed by atoms with Crippen molar-refractivity contribution < 1.29 is 22.7 Å². The van der Waals surface area contributed by atoms with Gasteiger partial charge in [0.1, 0.15) is 11.1 Å². The van der Waals surface area contributed by atoms with E-state index in [1.165, 1.54) is 0 Å². The Morgan fingerprint density at radius 3 is 2.59 bits per heavy atom. The normalized spacial score (nSPS) is 11.2. The van der Waals surface area contributed by atoms with Crippen molar-refractivity contribution in [2.45, 2.75) is 33.3 Å². The maximum absolute atomic E-state index is 12.1. The van der Waals surface area contributed by atoms with Crippen LogP contribution in [0.4, 0.5) is 0 Å². The summed E-state index contributed by atoms with van der Waals surface area (Å²) in [5.74, 6) is 0.504. The zero-order chi connectivity index (χ0) is 20.2. The largest absolute Gasteiger partial charge is 0.433 e. The van der Waals surface area contributed by atoms with E-state index in [0.29, 0.717) is 36.6 Å². The van der Waals surface area contributed by atoms with Crippen LogP contribution in [0.15, 0.2) is 65.2 Å². The van der Waals surface area contributed by atoms with Crippen molar-refractivity contribution in [2.24, 2.45) is 0 Å². The first-order valence-corrected chi connectivity index (χ1v) is 9.64. The zero-order valence-corrected chi connectivity index (χ0v) is 16.3. The fourth-order valence-electron chi connectivity index (χ4n) is 3.04. The SMILES string of the molecule is CC.O=c1oc2ccccc2c2nc(CCCOCc3ccc4ooc4c3)oc12. The lowest BCUT2D eigenvalue weighted by atomic mass is 10.2. The Balaban J connectivity index is 0.000000994. The van der Waals surface area contributed by atoms with E-state index in [0.717, 1.165) is 28.5 Å². The predicted octanol–water partition coefficient (Wildman–Crippen LogP) is 5.45. The summed E-state index contributed by atoms with van der Waals surface area (Å²) in [5.41, 5.74) is 3.19. The molecule has 29 heavy (non-hydrogen) atoms. The minimum absolute atomic E-state index is 0.161. The molecular weight excluding hydrogens is 374 g/mol. The first kappa shape index (κ1) is 19.0. The van der Waals surface area contributed by atoms with Crippen molar-refractivity contribution in [3.8, 4) is 0 Å². The third-order valence-electron chi connectivity index (χ3n) is 4.38. The van der Waals surface area contributed by atoms with E-state index in [1.54, 1.807) is 6.07 Å². The molecule has 0 aliphatic carbocycles. The highest BCUT2D eigenvalue weighted by molar-refractivity contribution is 5.99. The molecule has 0 aliphatic rings. The number of para-hydroxylation sites is 1.